The van der Waals surface area contributed by atoms with Crippen LogP contribution in [0, 0.1) is 0 Å². The number of hydrogen-bond donors (Lipinski definition) is 4. The SMILES string of the molecule is COc1cc(OC)c2c(-c3ccc(Br)cc3)c3[nH]c2c1C=NCCN=Cc1c(OC)cc(OC)c2c(-c4ccc(Br)cc4)c([nH]c12)Cc1c(OC)cc(OC)c2c(-c4ccc(Br)cc4)c([nH]c12)Cc1[nH]c2c(c(OC)cc(OC)c2c1-c1ccc(Br)cc1)C3. The normalized spacial score (nSPS) is 12.6. The molecule has 0 spiro atoms. The smallest absolute Gasteiger partial charge is 0.133 e. The zero-order valence-corrected chi connectivity index (χ0v) is 56.3. The second kappa shape index (κ2) is 24.9. The van der Waals surface area contributed by atoms with Crippen molar-refractivity contribution >= 4 is 120 Å². The van der Waals surface area contributed by atoms with Crippen LogP contribution in [0.5, 0.6) is 46.0 Å². The quantitative estimate of drug-likeness (QED) is 0.0940. The van der Waals surface area contributed by atoms with Gasteiger partial charge in [-0.1, -0.05) is 112 Å². The second-order valence-electron chi connectivity index (χ2n) is 21.5. The zero-order chi connectivity index (χ0) is 61.8. The van der Waals surface area contributed by atoms with E-state index in [1.54, 1.807) is 56.9 Å². The Hall–Kier alpha value is -8.42. The molecule has 450 valence electrons. The largest absolute Gasteiger partial charge is 0.496 e. The van der Waals surface area contributed by atoms with Crippen molar-refractivity contribution in [3.8, 4) is 90.5 Å². The Morgan fingerprint density at radius 1 is 0.303 bits per heavy atom. The van der Waals surface area contributed by atoms with Gasteiger partial charge in [0.1, 0.15) is 46.0 Å². The molecule has 0 amide bonds. The van der Waals surface area contributed by atoms with Crippen LogP contribution in [-0.2, 0) is 19.3 Å². The van der Waals surface area contributed by atoms with Crippen LogP contribution < -0.4 is 37.9 Å². The van der Waals surface area contributed by atoms with Crippen molar-refractivity contribution in [2.24, 2.45) is 9.98 Å². The molecule has 1 aliphatic rings. The van der Waals surface area contributed by atoms with Crippen molar-refractivity contribution in [1.82, 2.24) is 19.9 Å². The third-order valence-corrected chi connectivity index (χ3v) is 18.9. The van der Waals surface area contributed by atoms with E-state index >= 15 is 0 Å². The highest BCUT2D eigenvalue weighted by Gasteiger charge is 2.31. The van der Waals surface area contributed by atoms with Crippen LogP contribution in [0.4, 0.5) is 0 Å². The van der Waals surface area contributed by atoms with Crippen LogP contribution in [0.25, 0.3) is 88.1 Å². The highest BCUT2D eigenvalue weighted by Crippen LogP contribution is 2.52. The molecule has 0 saturated heterocycles. The van der Waals surface area contributed by atoms with Crippen LogP contribution in [0.2, 0.25) is 0 Å². The first-order chi connectivity index (χ1) is 43.4. The summed E-state index contributed by atoms with van der Waals surface area (Å²) >= 11 is 14.9. The molecular weight excluding hydrogens is 1380 g/mol. The van der Waals surface area contributed by atoms with Gasteiger partial charge in [0.2, 0.25) is 0 Å². The molecular formula is C71H60Br4N6O8. The first-order valence-corrected chi connectivity index (χ1v) is 31.8. The van der Waals surface area contributed by atoms with Crippen LogP contribution in [0.1, 0.15) is 45.0 Å². The van der Waals surface area contributed by atoms with Crippen molar-refractivity contribution in [2.75, 3.05) is 70.0 Å². The van der Waals surface area contributed by atoms with E-state index in [4.69, 9.17) is 47.9 Å². The standard InChI is InChI=1S/C71H60Br4N6O8/c1-82-52-30-56(86-5)64-62(38-13-21-42(74)22-14-38)50-29-51-63(39-15-23-43(75)24-16-39)65-57(87-6)31-53(83-2)45(69(65)81-51)28-49-61(37-11-19-41(73)20-12-37)67-59(89-8)33-55(85-4)47(71(67)79-49)35-77-26-25-76-34-46-54(84-3)32-58(88-7)66-60(36-9-17-40(72)18-10-36)48(78-70(46)66)27-44(52)68(64)80-50/h9-24,30-35,78-81H,25-29H2,1-8H3. The number of ether oxygens (including phenoxy) is 8. The Bertz CT molecular complexity index is 4470. The van der Waals surface area contributed by atoms with E-state index in [9.17, 15) is 0 Å². The number of aromatic amines is 4. The number of nitrogens with zero attached hydrogens (tertiary/aromatic N) is 2. The second-order valence-corrected chi connectivity index (χ2v) is 25.1. The van der Waals surface area contributed by atoms with Crippen LogP contribution in [0.15, 0.2) is 149 Å². The molecule has 12 aromatic rings. The van der Waals surface area contributed by atoms with Gasteiger partial charge in [-0.25, -0.2) is 0 Å². The maximum Gasteiger partial charge on any atom is 0.133 e. The van der Waals surface area contributed by atoms with Gasteiger partial charge < -0.3 is 57.8 Å². The first-order valence-electron chi connectivity index (χ1n) is 28.6. The Labute approximate surface area is 547 Å². The van der Waals surface area contributed by atoms with E-state index in [1.807, 2.05) is 36.7 Å². The Balaban J connectivity index is 1.16. The summed E-state index contributed by atoms with van der Waals surface area (Å²) in [6.45, 7) is 0.707. The number of benzene rings is 8. The van der Waals surface area contributed by atoms with Gasteiger partial charge in [0, 0.05) is 130 Å². The highest BCUT2D eigenvalue weighted by molar-refractivity contribution is 9.11. The van der Waals surface area contributed by atoms with Crippen LogP contribution in [0.3, 0.4) is 0 Å². The summed E-state index contributed by atoms with van der Waals surface area (Å²) in [6.07, 6.45) is 4.87. The van der Waals surface area contributed by atoms with Gasteiger partial charge >= 0.3 is 0 Å². The predicted molar refractivity (Wildman–Crippen MR) is 371 cm³/mol. The fraction of sp³-hybridized carbons (Fsp3) is 0.183. The summed E-state index contributed by atoms with van der Waals surface area (Å²) in [5.74, 6) is 4.99. The number of fused-ring (bicyclic) bond motifs is 4. The van der Waals surface area contributed by atoms with Crippen molar-refractivity contribution in [2.45, 2.75) is 19.3 Å². The minimum absolute atomic E-state index is 0.354. The molecule has 13 rings (SSSR count). The average Bonchev–Trinajstić information content (AvgIpc) is 2.14. The van der Waals surface area contributed by atoms with Gasteiger partial charge in [-0.2, -0.15) is 0 Å². The fourth-order valence-corrected chi connectivity index (χ4v) is 13.9. The molecule has 4 N–H and O–H groups in total. The van der Waals surface area contributed by atoms with Crippen molar-refractivity contribution in [3.05, 3.63) is 184 Å². The molecule has 8 bridgehead atoms. The maximum atomic E-state index is 6.45. The Morgan fingerprint density at radius 2 is 0.551 bits per heavy atom. The molecule has 0 aliphatic carbocycles. The molecule has 4 aromatic heterocycles. The Kier molecular flexibility index (Phi) is 16.6. The van der Waals surface area contributed by atoms with E-state index in [1.165, 1.54) is 0 Å². The predicted octanol–water partition coefficient (Wildman–Crippen LogP) is 18.0. The van der Waals surface area contributed by atoms with Gasteiger partial charge in [-0.15, -0.1) is 0 Å². The molecule has 0 saturated carbocycles. The summed E-state index contributed by atoms with van der Waals surface area (Å²) < 4.78 is 54.5. The average molecular weight is 1440 g/mol. The molecule has 0 fully saturated rings. The number of H-pyrrole nitrogens is 4. The fourth-order valence-electron chi connectivity index (χ4n) is 12.8. The third kappa shape index (κ3) is 10.6. The van der Waals surface area contributed by atoms with Crippen LogP contribution >= 0.6 is 63.7 Å². The summed E-state index contributed by atoms with van der Waals surface area (Å²) in [5, 5.41) is 3.52. The van der Waals surface area contributed by atoms with Gasteiger partial charge in [-0.3, -0.25) is 9.98 Å². The molecule has 8 aromatic carbocycles. The number of methoxy groups -OCH3 is 8. The summed E-state index contributed by atoms with van der Waals surface area (Å²) in [5.41, 5.74) is 18.0. The molecule has 14 nitrogen and oxygen atoms in total. The lowest BCUT2D eigenvalue weighted by molar-refractivity contribution is 0.395. The number of halogens is 4. The van der Waals surface area contributed by atoms with E-state index < -0.39 is 0 Å². The minimum atomic E-state index is 0.354. The lowest BCUT2D eigenvalue weighted by Gasteiger charge is -2.15. The monoisotopic (exact) mass is 1440 g/mol. The number of nitrogens with one attached hydrogen (secondary N) is 4. The summed E-state index contributed by atoms with van der Waals surface area (Å²) in [4.78, 5) is 26.1. The first kappa shape index (κ1) is 59.5. The third-order valence-electron chi connectivity index (χ3n) is 16.8. The van der Waals surface area contributed by atoms with Crippen molar-refractivity contribution in [3.63, 3.8) is 0 Å². The van der Waals surface area contributed by atoms with E-state index in [-0.39, 0.29) is 0 Å². The highest BCUT2D eigenvalue weighted by atomic mass is 79.9. The van der Waals surface area contributed by atoms with Crippen LogP contribution in [-0.4, -0.2) is 102 Å². The number of hydrogen-bond acceptors (Lipinski definition) is 10. The van der Waals surface area contributed by atoms with E-state index in [0.29, 0.717) is 78.3 Å². The Morgan fingerprint density at radius 3 is 0.831 bits per heavy atom. The molecule has 18 heteroatoms. The molecule has 1 aliphatic heterocycles. The van der Waals surface area contributed by atoms with Gasteiger partial charge in [-0.05, 0) is 70.8 Å². The summed E-state index contributed by atoms with van der Waals surface area (Å²) in [7, 11) is 13.5. The molecule has 5 heterocycles. The lowest BCUT2D eigenvalue weighted by Crippen LogP contribution is -1.99. The summed E-state index contributed by atoms with van der Waals surface area (Å²) in [6, 6.07) is 41.4. The number of aromatic nitrogens is 4. The van der Waals surface area contributed by atoms with Gasteiger partial charge in [0.05, 0.1) is 125 Å². The molecule has 0 unspecified atom stereocenters. The molecule has 0 radical (unpaired) electrons. The lowest BCUT2D eigenvalue weighted by atomic mass is 9.93. The minimum Gasteiger partial charge on any atom is -0.496 e. The molecule has 89 heavy (non-hydrogen) atoms. The van der Waals surface area contributed by atoms with Crippen molar-refractivity contribution < 1.29 is 37.9 Å². The van der Waals surface area contributed by atoms with Gasteiger partial charge in [0.15, 0.2) is 0 Å². The van der Waals surface area contributed by atoms with Gasteiger partial charge in [0.25, 0.3) is 0 Å². The zero-order valence-electron chi connectivity index (χ0n) is 49.9. The number of rotatable bonds is 12. The maximum absolute atomic E-state index is 6.45. The van der Waals surface area contributed by atoms with E-state index in [2.05, 4.69) is 181 Å². The van der Waals surface area contributed by atoms with Crippen molar-refractivity contribution in [1.29, 1.82) is 0 Å². The topological polar surface area (TPSA) is 162 Å². The molecule has 0 atom stereocenters. The number of aliphatic imine (C=N–C) groups is 2. The van der Waals surface area contributed by atoms with E-state index in [0.717, 1.165) is 151 Å².